The van der Waals surface area contributed by atoms with Gasteiger partial charge in [-0.15, -0.1) is 0 Å². The Balaban J connectivity index is 1.18. The third-order valence-electron chi connectivity index (χ3n) is 8.15. The van der Waals surface area contributed by atoms with Gasteiger partial charge in [-0.05, 0) is 54.4 Å². The summed E-state index contributed by atoms with van der Waals surface area (Å²) in [5, 5.41) is 6.46. The zero-order valence-corrected chi connectivity index (χ0v) is 19.5. The highest BCUT2D eigenvalue weighted by atomic mass is 16.2. The van der Waals surface area contributed by atoms with Crippen LogP contribution < -0.4 is 10.6 Å². The van der Waals surface area contributed by atoms with Crippen molar-refractivity contribution in [2.45, 2.75) is 62.8 Å². The van der Waals surface area contributed by atoms with E-state index in [-0.39, 0.29) is 11.8 Å². The Hall–Kier alpha value is -2.96. The van der Waals surface area contributed by atoms with Gasteiger partial charge in [-0.3, -0.25) is 14.5 Å². The van der Waals surface area contributed by atoms with Gasteiger partial charge in [-0.25, -0.2) is 0 Å². The molecular weight excluding hydrogens is 424 g/mol. The third kappa shape index (κ3) is 3.85. The molecule has 4 aliphatic heterocycles. The molecule has 0 saturated carbocycles. The monoisotopic (exact) mass is 456 g/mol. The number of hydrogen-bond acceptors (Lipinski definition) is 4. The third-order valence-corrected chi connectivity index (χ3v) is 8.15. The van der Waals surface area contributed by atoms with Gasteiger partial charge in [-0.2, -0.15) is 0 Å². The highest BCUT2D eigenvalue weighted by Gasteiger charge is 2.41. The van der Waals surface area contributed by atoms with Crippen LogP contribution in [0.15, 0.2) is 60.8 Å². The first-order chi connectivity index (χ1) is 16.6. The molecule has 2 aromatic rings. The molecule has 34 heavy (non-hydrogen) atoms. The van der Waals surface area contributed by atoms with Crippen molar-refractivity contribution in [3.8, 4) is 0 Å². The maximum Gasteiger partial charge on any atom is 0.255 e. The molecule has 3 saturated heterocycles. The van der Waals surface area contributed by atoms with Gasteiger partial charge in [0.15, 0.2) is 0 Å². The van der Waals surface area contributed by atoms with Gasteiger partial charge in [0.05, 0.1) is 0 Å². The number of piperidine rings is 2. The Labute approximate surface area is 201 Å². The summed E-state index contributed by atoms with van der Waals surface area (Å²) in [5.74, 6) is 0.372. The molecule has 176 valence electrons. The first kappa shape index (κ1) is 21.6. The van der Waals surface area contributed by atoms with Crippen LogP contribution in [0.3, 0.4) is 0 Å². The number of carbonyl (C=O) groups excluding carboxylic acids is 2. The maximum atomic E-state index is 13.1. The second kappa shape index (κ2) is 8.67. The number of benzene rings is 2. The zero-order chi connectivity index (χ0) is 23.2. The summed E-state index contributed by atoms with van der Waals surface area (Å²) in [5.41, 5.74) is 5.28. The largest absolute Gasteiger partial charge is 0.329 e. The van der Waals surface area contributed by atoms with E-state index < -0.39 is 6.04 Å². The van der Waals surface area contributed by atoms with Crippen LogP contribution in [0.5, 0.6) is 0 Å². The zero-order valence-electron chi connectivity index (χ0n) is 19.5. The molecule has 6 heteroatoms. The molecule has 2 bridgehead atoms. The van der Waals surface area contributed by atoms with E-state index in [0.29, 0.717) is 31.0 Å². The molecule has 2 amide bonds. The normalized spacial score (nSPS) is 29.2. The molecule has 0 aromatic heterocycles. The molecule has 4 heterocycles. The van der Waals surface area contributed by atoms with E-state index in [2.05, 4.69) is 64.6 Å². The van der Waals surface area contributed by atoms with E-state index in [9.17, 15) is 9.59 Å². The van der Waals surface area contributed by atoms with E-state index in [1.165, 1.54) is 11.1 Å². The second-order valence-corrected chi connectivity index (χ2v) is 10.3. The molecule has 6 nitrogen and oxygen atoms in total. The average Bonchev–Trinajstić information content (AvgIpc) is 3.15. The lowest BCUT2D eigenvalue weighted by Crippen LogP contribution is -2.60. The van der Waals surface area contributed by atoms with Crippen molar-refractivity contribution in [3.05, 3.63) is 83.1 Å². The van der Waals surface area contributed by atoms with E-state index in [0.717, 1.165) is 55.7 Å². The minimum absolute atomic E-state index is 0.0204. The Bertz CT molecular complexity index is 1120. The fourth-order valence-corrected chi connectivity index (χ4v) is 6.39. The van der Waals surface area contributed by atoms with Crippen molar-refractivity contribution in [2.75, 3.05) is 13.1 Å². The number of nitrogens with zero attached hydrogens (tertiary/aromatic N) is 2. The van der Waals surface area contributed by atoms with Crippen LogP contribution >= 0.6 is 0 Å². The summed E-state index contributed by atoms with van der Waals surface area (Å²) in [6, 6.07) is 17.8. The Morgan fingerprint density at radius 1 is 1.00 bits per heavy atom. The Morgan fingerprint density at radius 3 is 2.50 bits per heavy atom. The average molecular weight is 457 g/mol. The summed E-state index contributed by atoms with van der Waals surface area (Å²) >= 11 is 0. The van der Waals surface area contributed by atoms with Gasteiger partial charge in [0.25, 0.3) is 5.91 Å². The van der Waals surface area contributed by atoms with Gasteiger partial charge < -0.3 is 15.5 Å². The topological polar surface area (TPSA) is 64.7 Å². The molecule has 3 fully saturated rings. The first-order valence-electron chi connectivity index (χ1n) is 12.5. The highest BCUT2D eigenvalue weighted by molar-refractivity contribution is 6.01. The number of fused-ring (bicyclic) bond motifs is 3. The highest BCUT2D eigenvalue weighted by Crippen LogP contribution is 2.39. The molecule has 4 aliphatic rings. The standard InChI is InChI=1S/C28H32N4O2/c1-18-7-10-26(27(33)30-18)32-17-22-11-20(8-9-25(22)28(32)34)21-12-23-14-29-15-24(13-21)31(23)16-19-5-3-2-4-6-19/h2-6,8-9,11,21,23-24,26,29H,1,7,10,12-17H2,(H,30,33)/t21?,23-,24+,26?. The molecule has 0 spiro atoms. The molecule has 2 aromatic carbocycles. The summed E-state index contributed by atoms with van der Waals surface area (Å²) in [7, 11) is 0. The van der Waals surface area contributed by atoms with Gasteiger partial charge in [0, 0.05) is 49.5 Å². The van der Waals surface area contributed by atoms with E-state index in [1.54, 1.807) is 4.90 Å². The molecule has 6 rings (SSSR count). The SMILES string of the molecule is C=C1CCC(N2Cc3cc(C4C[C@H]5CNC[C@@H](C4)N5Cc4ccccc4)ccc3C2=O)C(=O)N1. The quantitative estimate of drug-likeness (QED) is 0.742. The van der Waals surface area contributed by atoms with Gasteiger partial charge in [0.2, 0.25) is 5.91 Å². The molecular formula is C28H32N4O2. The number of piperazine rings is 1. The lowest BCUT2D eigenvalue weighted by Gasteiger charge is -2.49. The van der Waals surface area contributed by atoms with Gasteiger partial charge in [0.1, 0.15) is 6.04 Å². The molecule has 0 aliphatic carbocycles. The van der Waals surface area contributed by atoms with Crippen molar-refractivity contribution in [1.29, 1.82) is 0 Å². The number of carbonyl (C=O) groups is 2. The Kier molecular flexibility index (Phi) is 5.50. The second-order valence-electron chi connectivity index (χ2n) is 10.3. The lowest BCUT2D eigenvalue weighted by atomic mass is 9.79. The van der Waals surface area contributed by atoms with Crippen molar-refractivity contribution in [1.82, 2.24) is 20.4 Å². The number of rotatable bonds is 4. The van der Waals surface area contributed by atoms with Crippen LogP contribution in [-0.2, 0) is 17.9 Å². The number of allylic oxidation sites excluding steroid dienone is 1. The van der Waals surface area contributed by atoms with Crippen molar-refractivity contribution >= 4 is 11.8 Å². The van der Waals surface area contributed by atoms with E-state index in [4.69, 9.17) is 0 Å². The number of amides is 2. The number of hydrogen-bond donors (Lipinski definition) is 2. The summed E-state index contributed by atoms with van der Waals surface area (Å²) in [6.45, 7) is 7.44. The molecule has 2 unspecified atom stereocenters. The summed E-state index contributed by atoms with van der Waals surface area (Å²) < 4.78 is 0. The van der Waals surface area contributed by atoms with E-state index in [1.807, 2.05) is 6.07 Å². The van der Waals surface area contributed by atoms with Crippen LogP contribution in [0.4, 0.5) is 0 Å². The van der Waals surface area contributed by atoms with Crippen molar-refractivity contribution in [3.63, 3.8) is 0 Å². The van der Waals surface area contributed by atoms with E-state index >= 15 is 0 Å². The first-order valence-corrected chi connectivity index (χ1v) is 12.5. The van der Waals surface area contributed by atoms with Crippen LogP contribution in [0.25, 0.3) is 0 Å². The minimum atomic E-state index is -0.402. The van der Waals surface area contributed by atoms with Crippen LogP contribution in [0.1, 0.15) is 58.6 Å². The van der Waals surface area contributed by atoms with Gasteiger partial charge in [-0.1, -0.05) is 49.0 Å². The maximum absolute atomic E-state index is 13.1. The smallest absolute Gasteiger partial charge is 0.255 e. The fraction of sp³-hybridized carbons (Fsp3) is 0.429. The van der Waals surface area contributed by atoms with Crippen molar-refractivity contribution in [2.24, 2.45) is 0 Å². The minimum Gasteiger partial charge on any atom is -0.329 e. The molecule has 0 radical (unpaired) electrons. The van der Waals surface area contributed by atoms with Crippen LogP contribution in [0.2, 0.25) is 0 Å². The molecule has 4 atom stereocenters. The predicted octanol–water partition coefficient (Wildman–Crippen LogP) is 3.15. The fourth-order valence-electron chi connectivity index (χ4n) is 6.39. The number of nitrogens with one attached hydrogen (secondary N) is 2. The predicted molar refractivity (Wildman–Crippen MR) is 131 cm³/mol. The lowest BCUT2D eigenvalue weighted by molar-refractivity contribution is -0.126. The van der Waals surface area contributed by atoms with Crippen LogP contribution in [0, 0.1) is 0 Å². The summed E-state index contributed by atoms with van der Waals surface area (Å²) in [4.78, 5) is 30.0. The molecule has 2 N–H and O–H groups in total. The summed E-state index contributed by atoms with van der Waals surface area (Å²) in [6.07, 6.45) is 3.62. The van der Waals surface area contributed by atoms with Gasteiger partial charge >= 0.3 is 0 Å². The van der Waals surface area contributed by atoms with Crippen molar-refractivity contribution < 1.29 is 9.59 Å². The van der Waals surface area contributed by atoms with Crippen LogP contribution in [-0.4, -0.2) is 52.8 Å². The Morgan fingerprint density at radius 2 is 1.76 bits per heavy atom.